The molecule has 0 aliphatic rings. The average molecular weight is 205 g/mol. The molecule has 0 atom stereocenters. The van der Waals surface area contributed by atoms with Crippen LogP contribution < -0.4 is 5.32 Å². The van der Waals surface area contributed by atoms with Gasteiger partial charge in [-0.3, -0.25) is 4.68 Å². The molecule has 0 amide bonds. The minimum absolute atomic E-state index is 0.260. The summed E-state index contributed by atoms with van der Waals surface area (Å²) in [6, 6.07) is 4.96. The number of hydrogen-bond donors (Lipinski definition) is 1. The van der Waals surface area contributed by atoms with Gasteiger partial charge in [-0.25, -0.2) is 4.39 Å². The van der Waals surface area contributed by atoms with Gasteiger partial charge < -0.3 is 5.32 Å². The van der Waals surface area contributed by atoms with E-state index in [4.69, 9.17) is 0 Å². The van der Waals surface area contributed by atoms with Crippen molar-refractivity contribution in [1.82, 2.24) is 9.78 Å². The van der Waals surface area contributed by atoms with Crippen LogP contribution in [0.1, 0.15) is 5.56 Å². The van der Waals surface area contributed by atoms with Crippen molar-refractivity contribution in [3.63, 3.8) is 0 Å². The van der Waals surface area contributed by atoms with Crippen LogP contribution in [0.3, 0.4) is 0 Å². The van der Waals surface area contributed by atoms with Gasteiger partial charge in [0.2, 0.25) is 0 Å². The molecular formula is C11H12FN3. The van der Waals surface area contributed by atoms with Crippen LogP contribution in [-0.4, -0.2) is 9.78 Å². The highest BCUT2D eigenvalue weighted by atomic mass is 19.1. The van der Waals surface area contributed by atoms with Crippen LogP contribution in [0.5, 0.6) is 0 Å². The molecular weight excluding hydrogens is 193 g/mol. The van der Waals surface area contributed by atoms with Gasteiger partial charge in [0.25, 0.3) is 0 Å². The molecule has 0 fully saturated rings. The molecule has 1 aromatic heterocycles. The third-order valence-corrected chi connectivity index (χ3v) is 2.11. The maximum atomic E-state index is 13.4. The van der Waals surface area contributed by atoms with Crippen molar-refractivity contribution in [3.05, 3.63) is 42.0 Å². The lowest BCUT2D eigenvalue weighted by atomic mass is 10.2. The number of hydrogen-bond acceptors (Lipinski definition) is 2. The zero-order valence-electron chi connectivity index (χ0n) is 8.66. The van der Waals surface area contributed by atoms with Gasteiger partial charge >= 0.3 is 0 Å². The van der Waals surface area contributed by atoms with E-state index in [1.165, 1.54) is 6.07 Å². The van der Waals surface area contributed by atoms with E-state index in [1.807, 2.05) is 14.0 Å². The zero-order chi connectivity index (χ0) is 10.8. The Morgan fingerprint density at radius 1 is 1.40 bits per heavy atom. The van der Waals surface area contributed by atoms with Crippen LogP contribution in [0.2, 0.25) is 0 Å². The highest BCUT2D eigenvalue weighted by Crippen LogP contribution is 2.20. The number of rotatable bonds is 2. The van der Waals surface area contributed by atoms with E-state index in [9.17, 15) is 4.39 Å². The summed E-state index contributed by atoms with van der Waals surface area (Å²) in [7, 11) is 1.82. The van der Waals surface area contributed by atoms with Crippen LogP contribution in [0.15, 0.2) is 30.6 Å². The predicted molar refractivity (Wildman–Crippen MR) is 57.6 cm³/mol. The molecule has 4 heteroatoms. The summed E-state index contributed by atoms with van der Waals surface area (Å²) in [5.74, 6) is -0.260. The Kier molecular flexibility index (Phi) is 2.41. The second-order valence-corrected chi connectivity index (χ2v) is 3.51. The monoisotopic (exact) mass is 205 g/mol. The van der Waals surface area contributed by atoms with Crippen molar-refractivity contribution < 1.29 is 4.39 Å². The first-order valence-corrected chi connectivity index (χ1v) is 4.67. The summed E-state index contributed by atoms with van der Waals surface area (Å²) < 4.78 is 15.0. The third-order valence-electron chi connectivity index (χ3n) is 2.11. The molecule has 1 heterocycles. The fourth-order valence-electron chi connectivity index (χ4n) is 1.38. The number of halogens is 1. The number of anilines is 2. The Bertz CT molecular complexity index is 476. The molecule has 0 unspecified atom stereocenters. The molecule has 15 heavy (non-hydrogen) atoms. The molecule has 2 rings (SSSR count). The number of aryl methyl sites for hydroxylation is 2. The molecule has 0 aliphatic heterocycles. The Hall–Kier alpha value is -1.84. The third kappa shape index (κ3) is 2.15. The maximum Gasteiger partial charge on any atom is 0.146 e. The molecule has 2 aromatic rings. The van der Waals surface area contributed by atoms with Crippen molar-refractivity contribution >= 4 is 11.4 Å². The largest absolute Gasteiger partial charge is 0.351 e. The fourth-order valence-corrected chi connectivity index (χ4v) is 1.38. The Morgan fingerprint density at radius 3 is 2.87 bits per heavy atom. The zero-order valence-corrected chi connectivity index (χ0v) is 8.66. The van der Waals surface area contributed by atoms with Gasteiger partial charge in [0.15, 0.2) is 0 Å². The summed E-state index contributed by atoms with van der Waals surface area (Å²) >= 11 is 0. The first-order valence-electron chi connectivity index (χ1n) is 4.67. The Morgan fingerprint density at radius 2 is 2.20 bits per heavy atom. The SMILES string of the molecule is Cc1ccc(F)c(Nc2cnn(C)c2)c1. The standard InChI is InChI=1S/C11H12FN3/c1-8-3-4-10(12)11(5-8)14-9-6-13-15(2)7-9/h3-7,14H,1-2H3. The predicted octanol–water partition coefficient (Wildman–Crippen LogP) is 2.61. The van der Waals surface area contributed by atoms with Gasteiger partial charge in [0.05, 0.1) is 17.6 Å². The van der Waals surface area contributed by atoms with Crippen molar-refractivity contribution in [3.8, 4) is 0 Å². The van der Waals surface area contributed by atoms with E-state index in [-0.39, 0.29) is 5.82 Å². The molecule has 0 saturated carbocycles. The van der Waals surface area contributed by atoms with Gasteiger partial charge in [0.1, 0.15) is 5.82 Å². The van der Waals surface area contributed by atoms with Gasteiger partial charge in [-0.15, -0.1) is 0 Å². The van der Waals surface area contributed by atoms with Crippen molar-refractivity contribution in [2.24, 2.45) is 7.05 Å². The fraction of sp³-hybridized carbons (Fsp3) is 0.182. The molecule has 0 saturated heterocycles. The van der Waals surface area contributed by atoms with E-state index in [2.05, 4.69) is 10.4 Å². The van der Waals surface area contributed by atoms with Crippen LogP contribution in [-0.2, 0) is 7.05 Å². The van der Waals surface area contributed by atoms with Gasteiger partial charge in [-0.05, 0) is 24.6 Å². The molecule has 0 bridgehead atoms. The lowest BCUT2D eigenvalue weighted by Crippen LogP contribution is -1.93. The van der Waals surface area contributed by atoms with Crippen LogP contribution in [0.25, 0.3) is 0 Å². The Balaban J connectivity index is 2.27. The molecule has 0 spiro atoms. The van der Waals surface area contributed by atoms with Gasteiger partial charge in [-0.2, -0.15) is 5.10 Å². The van der Waals surface area contributed by atoms with E-state index in [0.29, 0.717) is 5.69 Å². The molecule has 1 N–H and O–H groups in total. The normalized spacial score (nSPS) is 10.3. The number of benzene rings is 1. The first-order chi connectivity index (χ1) is 7.15. The van der Waals surface area contributed by atoms with E-state index < -0.39 is 0 Å². The van der Waals surface area contributed by atoms with E-state index >= 15 is 0 Å². The summed E-state index contributed by atoms with van der Waals surface area (Å²) in [6.07, 6.45) is 3.45. The average Bonchev–Trinajstić information content (AvgIpc) is 2.58. The van der Waals surface area contributed by atoms with Crippen LogP contribution in [0, 0.1) is 12.7 Å². The second-order valence-electron chi connectivity index (χ2n) is 3.51. The topological polar surface area (TPSA) is 29.9 Å². The minimum Gasteiger partial charge on any atom is -0.351 e. The quantitative estimate of drug-likeness (QED) is 0.816. The molecule has 0 radical (unpaired) electrons. The van der Waals surface area contributed by atoms with Crippen molar-refractivity contribution in [2.75, 3.05) is 5.32 Å². The van der Waals surface area contributed by atoms with Gasteiger partial charge in [0, 0.05) is 13.2 Å². The van der Waals surface area contributed by atoms with Crippen LogP contribution in [0.4, 0.5) is 15.8 Å². The van der Waals surface area contributed by atoms with E-state index in [1.54, 1.807) is 29.2 Å². The highest BCUT2D eigenvalue weighted by molar-refractivity contribution is 5.59. The number of aromatic nitrogens is 2. The summed E-state index contributed by atoms with van der Waals surface area (Å²) in [4.78, 5) is 0. The van der Waals surface area contributed by atoms with Gasteiger partial charge in [-0.1, -0.05) is 6.07 Å². The number of nitrogens with zero attached hydrogens (tertiary/aromatic N) is 2. The lowest BCUT2D eigenvalue weighted by Gasteiger charge is -2.05. The smallest absolute Gasteiger partial charge is 0.146 e. The highest BCUT2D eigenvalue weighted by Gasteiger charge is 2.03. The summed E-state index contributed by atoms with van der Waals surface area (Å²) in [5, 5.41) is 6.97. The van der Waals surface area contributed by atoms with Crippen LogP contribution >= 0.6 is 0 Å². The molecule has 3 nitrogen and oxygen atoms in total. The number of nitrogens with one attached hydrogen (secondary N) is 1. The summed E-state index contributed by atoms with van der Waals surface area (Å²) in [6.45, 7) is 1.92. The minimum atomic E-state index is -0.260. The molecule has 0 aliphatic carbocycles. The molecule has 1 aromatic carbocycles. The van der Waals surface area contributed by atoms with Crippen molar-refractivity contribution in [2.45, 2.75) is 6.92 Å². The summed E-state index contributed by atoms with van der Waals surface area (Å²) in [5.41, 5.74) is 2.27. The second kappa shape index (κ2) is 3.73. The van der Waals surface area contributed by atoms with Crippen molar-refractivity contribution in [1.29, 1.82) is 0 Å². The maximum absolute atomic E-state index is 13.4. The Labute approximate surface area is 87.5 Å². The first kappa shape index (κ1) is 9.71. The lowest BCUT2D eigenvalue weighted by molar-refractivity contribution is 0.631. The molecule has 78 valence electrons. The van der Waals surface area contributed by atoms with E-state index in [0.717, 1.165) is 11.3 Å².